The minimum atomic E-state index is -1.02. The number of carbonyl (C=O) groups is 1. The molecule has 0 bridgehead atoms. The lowest BCUT2D eigenvalue weighted by Gasteiger charge is -2.29. The Kier molecular flexibility index (Phi) is 5.34. The second kappa shape index (κ2) is 7.24. The second-order valence-corrected chi connectivity index (χ2v) is 6.09. The van der Waals surface area contributed by atoms with E-state index in [0.717, 1.165) is 5.56 Å². The van der Waals surface area contributed by atoms with E-state index in [1.165, 1.54) is 29.2 Å². The zero-order chi connectivity index (χ0) is 16.9. The zero-order valence-corrected chi connectivity index (χ0v) is 13.3. The van der Waals surface area contributed by atoms with Crippen LogP contribution in [0.25, 0.3) is 0 Å². The Balaban J connectivity index is 2.11. The van der Waals surface area contributed by atoms with Gasteiger partial charge in [-0.25, -0.2) is 9.18 Å². The second-order valence-electron chi connectivity index (χ2n) is 6.09. The first-order valence-electron chi connectivity index (χ1n) is 7.41. The Hall–Kier alpha value is -2.40. The van der Waals surface area contributed by atoms with Crippen LogP contribution in [0, 0.1) is 5.82 Å². The van der Waals surface area contributed by atoms with Crippen molar-refractivity contribution in [3.63, 3.8) is 0 Å². The average molecular weight is 316 g/mol. The van der Waals surface area contributed by atoms with Crippen molar-refractivity contribution in [1.82, 2.24) is 4.90 Å². The van der Waals surface area contributed by atoms with Crippen LogP contribution in [0.15, 0.2) is 54.6 Å². The van der Waals surface area contributed by atoms with Crippen LogP contribution >= 0.6 is 0 Å². The van der Waals surface area contributed by atoms with E-state index < -0.39 is 5.60 Å². The quantitative estimate of drug-likeness (QED) is 0.885. The molecule has 5 heteroatoms. The van der Waals surface area contributed by atoms with E-state index in [0.29, 0.717) is 12.2 Å². The SMILES string of the molecule is CC(C)(O)CN(Cc1ccccc1)C(=O)Nc1ccc(F)cc1. The van der Waals surface area contributed by atoms with Crippen LogP contribution in [0.5, 0.6) is 0 Å². The molecular formula is C18H21FN2O2. The van der Waals surface area contributed by atoms with Gasteiger partial charge in [-0.1, -0.05) is 30.3 Å². The fourth-order valence-corrected chi connectivity index (χ4v) is 2.21. The molecule has 0 radical (unpaired) electrons. The van der Waals surface area contributed by atoms with E-state index in [-0.39, 0.29) is 18.4 Å². The van der Waals surface area contributed by atoms with E-state index in [4.69, 9.17) is 0 Å². The topological polar surface area (TPSA) is 52.6 Å². The number of carbonyl (C=O) groups excluding carboxylic acids is 1. The van der Waals surface area contributed by atoms with Gasteiger partial charge in [0.25, 0.3) is 0 Å². The highest BCUT2D eigenvalue weighted by Gasteiger charge is 2.22. The Bertz CT molecular complexity index is 636. The lowest BCUT2D eigenvalue weighted by Crippen LogP contribution is -2.43. The van der Waals surface area contributed by atoms with Gasteiger partial charge in [0.2, 0.25) is 0 Å². The number of aliphatic hydroxyl groups is 1. The fourth-order valence-electron chi connectivity index (χ4n) is 2.21. The molecule has 0 spiro atoms. The predicted molar refractivity (Wildman–Crippen MR) is 88.6 cm³/mol. The van der Waals surface area contributed by atoms with Gasteiger partial charge in [-0.15, -0.1) is 0 Å². The number of benzene rings is 2. The highest BCUT2D eigenvalue weighted by Crippen LogP contribution is 2.14. The van der Waals surface area contributed by atoms with Crippen LogP contribution < -0.4 is 5.32 Å². The van der Waals surface area contributed by atoms with Crippen LogP contribution in [0.1, 0.15) is 19.4 Å². The lowest BCUT2D eigenvalue weighted by atomic mass is 10.1. The predicted octanol–water partition coefficient (Wildman–Crippen LogP) is 3.63. The summed E-state index contributed by atoms with van der Waals surface area (Å²) in [4.78, 5) is 14.0. The van der Waals surface area contributed by atoms with Gasteiger partial charge in [-0.3, -0.25) is 0 Å². The maximum atomic E-state index is 12.9. The normalized spacial score (nSPS) is 11.1. The molecule has 0 fully saturated rings. The molecule has 2 aromatic rings. The first-order valence-corrected chi connectivity index (χ1v) is 7.41. The summed E-state index contributed by atoms with van der Waals surface area (Å²) in [5, 5.41) is 12.8. The number of hydrogen-bond donors (Lipinski definition) is 2. The Morgan fingerprint density at radius 1 is 1.13 bits per heavy atom. The molecule has 0 aliphatic rings. The molecule has 2 amide bonds. The smallest absolute Gasteiger partial charge is 0.322 e. The van der Waals surface area contributed by atoms with Crippen molar-refractivity contribution in [3.8, 4) is 0 Å². The number of amides is 2. The van der Waals surface area contributed by atoms with Crippen molar-refractivity contribution in [1.29, 1.82) is 0 Å². The number of urea groups is 1. The fraction of sp³-hybridized carbons (Fsp3) is 0.278. The highest BCUT2D eigenvalue weighted by atomic mass is 19.1. The van der Waals surface area contributed by atoms with Crippen molar-refractivity contribution >= 4 is 11.7 Å². The molecule has 2 rings (SSSR count). The summed E-state index contributed by atoms with van der Waals surface area (Å²) in [6, 6.07) is 14.8. The third-order valence-electron chi connectivity index (χ3n) is 3.18. The average Bonchev–Trinajstić information content (AvgIpc) is 2.48. The zero-order valence-electron chi connectivity index (χ0n) is 13.3. The first-order chi connectivity index (χ1) is 10.8. The monoisotopic (exact) mass is 316 g/mol. The molecule has 0 unspecified atom stereocenters. The Morgan fingerprint density at radius 3 is 2.30 bits per heavy atom. The summed E-state index contributed by atoms with van der Waals surface area (Å²) in [7, 11) is 0. The number of rotatable bonds is 5. The molecule has 0 aliphatic carbocycles. The van der Waals surface area contributed by atoms with Crippen molar-refractivity contribution in [2.45, 2.75) is 26.0 Å². The summed E-state index contributed by atoms with van der Waals surface area (Å²) in [5.41, 5.74) is 0.450. The van der Waals surface area contributed by atoms with Gasteiger partial charge in [0.1, 0.15) is 5.82 Å². The molecule has 2 aromatic carbocycles. The lowest BCUT2D eigenvalue weighted by molar-refractivity contribution is 0.0469. The Morgan fingerprint density at radius 2 is 1.74 bits per heavy atom. The maximum Gasteiger partial charge on any atom is 0.322 e. The van der Waals surface area contributed by atoms with Gasteiger partial charge in [-0.2, -0.15) is 0 Å². The number of hydrogen-bond acceptors (Lipinski definition) is 2. The van der Waals surface area contributed by atoms with E-state index >= 15 is 0 Å². The minimum Gasteiger partial charge on any atom is -0.389 e. The third kappa shape index (κ3) is 5.71. The van der Waals surface area contributed by atoms with Gasteiger partial charge < -0.3 is 15.3 Å². The van der Waals surface area contributed by atoms with Crippen molar-refractivity contribution in [2.75, 3.05) is 11.9 Å². The summed E-state index contributed by atoms with van der Waals surface area (Å²) >= 11 is 0. The van der Waals surface area contributed by atoms with Gasteiger partial charge in [-0.05, 0) is 43.7 Å². The molecule has 0 heterocycles. The van der Waals surface area contributed by atoms with E-state index in [2.05, 4.69) is 5.32 Å². The van der Waals surface area contributed by atoms with Crippen LogP contribution in [0.3, 0.4) is 0 Å². The van der Waals surface area contributed by atoms with E-state index in [9.17, 15) is 14.3 Å². The summed E-state index contributed by atoms with van der Waals surface area (Å²) < 4.78 is 12.9. The number of anilines is 1. The van der Waals surface area contributed by atoms with Gasteiger partial charge in [0.05, 0.1) is 12.1 Å². The van der Waals surface area contributed by atoms with Crippen molar-refractivity contribution < 1.29 is 14.3 Å². The molecular weight excluding hydrogens is 295 g/mol. The van der Waals surface area contributed by atoms with Gasteiger partial charge in [0, 0.05) is 12.2 Å². The molecule has 23 heavy (non-hydrogen) atoms. The first kappa shape index (κ1) is 17.0. The minimum absolute atomic E-state index is 0.176. The van der Waals surface area contributed by atoms with Crippen LogP contribution in [-0.2, 0) is 6.54 Å². The number of nitrogens with zero attached hydrogens (tertiary/aromatic N) is 1. The molecule has 0 atom stereocenters. The molecule has 122 valence electrons. The third-order valence-corrected chi connectivity index (χ3v) is 3.18. The summed E-state index contributed by atoms with van der Waals surface area (Å²) in [5.74, 6) is -0.361. The molecule has 0 aromatic heterocycles. The molecule has 0 aliphatic heterocycles. The van der Waals surface area contributed by atoms with Crippen molar-refractivity contribution in [3.05, 3.63) is 66.0 Å². The van der Waals surface area contributed by atoms with Crippen LogP contribution in [0.2, 0.25) is 0 Å². The van der Waals surface area contributed by atoms with Crippen LogP contribution in [0.4, 0.5) is 14.9 Å². The summed E-state index contributed by atoms with van der Waals surface area (Å²) in [6.07, 6.45) is 0. The largest absolute Gasteiger partial charge is 0.389 e. The number of nitrogens with one attached hydrogen (secondary N) is 1. The van der Waals surface area contributed by atoms with Gasteiger partial charge >= 0.3 is 6.03 Å². The molecule has 2 N–H and O–H groups in total. The molecule has 0 saturated carbocycles. The Labute approximate surface area is 135 Å². The maximum absolute atomic E-state index is 12.9. The van der Waals surface area contributed by atoms with E-state index in [1.807, 2.05) is 30.3 Å². The summed E-state index contributed by atoms with van der Waals surface area (Å²) in [6.45, 7) is 3.85. The molecule has 0 saturated heterocycles. The highest BCUT2D eigenvalue weighted by molar-refractivity contribution is 5.89. The van der Waals surface area contributed by atoms with Crippen molar-refractivity contribution in [2.24, 2.45) is 0 Å². The number of halogens is 1. The molecule has 4 nitrogen and oxygen atoms in total. The van der Waals surface area contributed by atoms with Crippen LogP contribution in [-0.4, -0.2) is 28.2 Å². The van der Waals surface area contributed by atoms with Gasteiger partial charge in [0.15, 0.2) is 0 Å². The van der Waals surface area contributed by atoms with E-state index in [1.54, 1.807) is 13.8 Å². The standard InChI is InChI=1S/C18H21FN2O2/c1-18(2,23)13-21(12-14-6-4-3-5-7-14)17(22)20-16-10-8-15(19)9-11-16/h3-11,23H,12-13H2,1-2H3,(H,20,22).